The van der Waals surface area contributed by atoms with E-state index in [9.17, 15) is 9.59 Å². The quantitative estimate of drug-likeness (QED) is 0.287. The predicted octanol–water partition coefficient (Wildman–Crippen LogP) is -1.35. The maximum absolute atomic E-state index is 12.4. The molecule has 3 aliphatic heterocycles. The lowest BCUT2D eigenvalue weighted by Gasteiger charge is -2.21. The van der Waals surface area contributed by atoms with Gasteiger partial charge >= 0.3 is 0 Å². The Hall–Kier alpha value is -1.86. The average Bonchev–Trinajstić information content (AvgIpc) is 3.30. The molecule has 7 nitrogen and oxygen atoms in total. The summed E-state index contributed by atoms with van der Waals surface area (Å²) < 4.78 is 0. The van der Waals surface area contributed by atoms with Gasteiger partial charge in [-0.15, -0.1) is 0 Å². The molecule has 0 spiro atoms. The number of allylic oxidation sites excluding steroid dienone is 1. The molecule has 3 heterocycles. The van der Waals surface area contributed by atoms with Gasteiger partial charge in [-0.25, -0.2) is 0 Å². The Bertz CT molecular complexity index is 525. The van der Waals surface area contributed by atoms with E-state index < -0.39 is 0 Å². The van der Waals surface area contributed by atoms with Gasteiger partial charge in [-0.2, -0.15) is 0 Å². The molecule has 3 N–H and O–H groups in total. The maximum atomic E-state index is 12.4. The van der Waals surface area contributed by atoms with Crippen molar-refractivity contribution in [2.24, 2.45) is 5.84 Å². The standard InChI is InChI=1S/C12H13N3O2.C2H8N2/c16-9-7-8(13-1-2-13)12(17)11(15-5-6-15)10(9)14-3-4-14;1-2-4-3/h7H,1-6H2;4H,2-3H2,1H3. The number of hydrogen-bond donors (Lipinski definition) is 2. The molecule has 4 aliphatic rings. The molecule has 0 aromatic heterocycles. The number of rotatable bonds is 4. The van der Waals surface area contributed by atoms with E-state index >= 15 is 0 Å². The summed E-state index contributed by atoms with van der Waals surface area (Å²) in [5, 5.41) is 0. The van der Waals surface area contributed by atoms with Crippen LogP contribution in [-0.2, 0) is 9.59 Å². The van der Waals surface area contributed by atoms with Gasteiger partial charge in [-0.05, 0) is 0 Å². The minimum atomic E-state index is 0.00546. The van der Waals surface area contributed by atoms with Crippen molar-refractivity contribution in [3.05, 3.63) is 23.2 Å². The van der Waals surface area contributed by atoms with Gasteiger partial charge in [0.1, 0.15) is 11.4 Å². The fourth-order valence-corrected chi connectivity index (χ4v) is 2.28. The Balaban J connectivity index is 0.000000298. The van der Waals surface area contributed by atoms with Gasteiger partial charge in [0, 0.05) is 51.9 Å². The van der Waals surface area contributed by atoms with Gasteiger partial charge in [0.15, 0.2) is 0 Å². The molecule has 0 amide bonds. The summed E-state index contributed by atoms with van der Waals surface area (Å²) in [7, 11) is 0. The second-order valence-corrected chi connectivity index (χ2v) is 5.44. The highest BCUT2D eigenvalue weighted by atomic mass is 16.1. The number of nitrogens with zero attached hydrogens (tertiary/aromatic N) is 3. The first-order chi connectivity index (χ1) is 10.2. The maximum Gasteiger partial charge on any atom is 0.227 e. The summed E-state index contributed by atoms with van der Waals surface area (Å²) in [4.78, 5) is 30.5. The fourth-order valence-electron chi connectivity index (χ4n) is 2.28. The zero-order valence-corrected chi connectivity index (χ0v) is 12.3. The van der Waals surface area contributed by atoms with Crippen molar-refractivity contribution in [2.75, 3.05) is 45.8 Å². The number of hydrazine groups is 1. The molecule has 3 saturated heterocycles. The molecule has 0 bridgehead atoms. The number of carbonyl (C=O) groups is 2. The van der Waals surface area contributed by atoms with Crippen molar-refractivity contribution in [1.29, 1.82) is 0 Å². The van der Waals surface area contributed by atoms with Crippen LogP contribution in [0.25, 0.3) is 0 Å². The van der Waals surface area contributed by atoms with Crippen LogP contribution in [0.15, 0.2) is 23.2 Å². The second kappa shape index (κ2) is 5.50. The van der Waals surface area contributed by atoms with Crippen molar-refractivity contribution in [3.8, 4) is 0 Å². The van der Waals surface area contributed by atoms with E-state index in [0.717, 1.165) is 45.8 Å². The third kappa shape index (κ3) is 2.93. The van der Waals surface area contributed by atoms with Crippen molar-refractivity contribution < 1.29 is 9.59 Å². The first-order valence-corrected chi connectivity index (χ1v) is 7.40. The largest absolute Gasteiger partial charge is 0.365 e. The first kappa shape index (κ1) is 14.1. The van der Waals surface area contributed by atoms with Crippen molar-refractivity contribution in [1.82, 2.24) is 20.1 Å². The van der Waals surface area contributed by atoms with Gasteiger partial charge in [-0.1, -0.05) is 6.92 Å². The summed E-state index contributed by atoms with van der Waals surface area (Å²) in [6.07, 6.45) is 1.52. The van der Waals surface area contributed by atoms with Gasteiger partial charge in [0.25, 0.3) is 0 Å². The lowest BCUT2D eigenvalue weighted by molar-refractivity contribution is -0.117. The lowest BCUT2D eigenvalue weighted by atomic mass is 10.0. The molecule has 0 saturated carbocycles. The molecular formula is C14H21N5O2. The summed E-state index contributed by atoms with van der Waals surface area (Å²) in [5.74, 6) is 4.83. The van der Waals surface area contributed by atoms with E-state index in [2.05, 4.69) is 5.43 Å². The highest BCUT2D eigenvalue weighted by Gasteiger charge is 2.43. The lowest BCUT2D eigenvalue weighted by Crippen LogP contribution is -2.29. The third-order valence-electron chi connectivity index (χ3n) is 3.69. The van der Waals surface area contributed by atoms with Crippen LogP contribution in [0.4, 0.5) is 0 Å². The number of ketones is 2. The topological polar surface area (TPSA) is 81.2 Å². The second-order valence-electron chi connectivity index (χ2n) is 5.44. The van der Waals surface area contributed by atoms with Crippen molar-refractivity contribution in [3.63, 3.8) is 0 Å². The van der Waals surface area contributed by atoms with E-state index in [1.54, 1.807) is 0 Å². The van der Waals surface area contributed by atoms with Crippen LogP contribution in [-0.4, -0.2) is 72.1 Å². The van der Waals surface area contributed by atoms with E-state index in [1.165, 1.54) is 6.08 Å². The van der Waals surface area contributed by atoms with Crippen LogP contribution in [0.3, 0.4) is 0 Å². The average molecular weight is 291 g/mol. The normalized spacial score (nSPS) is 23.0. The molecule has 0 aromatic rings. The molecule has 3 fully saturated rings. The van der Waals surface area contributed by atoms with Crippen LogP contribution < -0.4 is 11.3 Å². The van der Waals surface area contributed by atoms with E-state index in [1.807, 2.05) is 21.6 Å². The number of hydrogen-bond acceptors (Lipinski definition) is 7. The van der Waals surface area contributed by atoms with Gasteiger partial charge in [-0.3, -0.25) is 20.9 Å². The molecular weight excluding hydrogens is 270 g/mol. The third-order valence-corrected chi connectivity index (χ3v) is 3.69. The van der Waals surface area contributed by atoms with E-state index in [4.69, 9.17) is 5.84 Å². The summed E-state index contributed by atoms with van der Waals surface area (Å²) >= 11 is 0. The van der Waals surface area contributed by atoms with Crippen LogP contribution in [0.5, 0.6) is 0 Å². The Morgan fingerprint density at radius 3 is 1.90 bits per heavy atom. The van der Waals surface area contributed by atoms with Crippen LogP contribution in [0, 0.1) is 0 Å². The summed E-state index contributed by atoms with van der Waals surface area (Å²) in [6.45, 7) is 8.20. The number of carbonyl (C=O) groups excluding carboxylic acids is 2. The van der Waals surface area contributed by atoms with E-state index in [0.29, 0.717) is 17.1 Å². The molecule has 0 aromatic carbocycles. The molecule has 114 valence electrons. The Kier molecular flexibility index (Phi) is 3.69. The van der Waals surface area contributed by atoms with Crippen LogP contribution in [0.2, 0.25) is 0 Å². The number of nitrogens with two attached hydrogens (primary N) is 1. The molecule has 7 heteroatoms. The fraction of sp³-hybridized carbons (Fsp3) is 0.571. The van der Waals surface area contributed by atoms with Crippen LogP contribution >= 0.6 is 0 Å². The summed E-state index contributed by atoms with van der Waals surface area (Å²) in [6, 6.07) is 0. The van der Waals surface area contributed by atoms with Gasteiger partial charge < -0.3 is 14.7 Å². The molecule has 0 unspecified atom stereocenters. The zero-order valence-electron chi connectivity index (χ0n) is 12.3. The minimum absolute atomic E-state index is 0.00546. The van der Waals surface area contributed by atoms with Crippen molar-refractivity contribution in [2.45, 2.75) is 6.92 Å². The molecule has 21 heavy (non-hydrogen) atoms. The Labute approximate surface area is 124 Å². The Morgan fingerprint density at radius 2 is 1.48 bits per heavy atom. The number of Topliss-reactive ketones (excluding diaryl/α,β-unsaturated/α-hetero) is 1. The van der Waals surface area contributed by atoms with E-state index in [-0.39, 0.29) is 11.6 Å². The zero-order chi connectivity index (χ0) is 15.0. The van der Waals surface area contributed by atoms with Crippen LogP contribution in [0.1, 0.15) is 6.92 Å². The highest BCUT2D eigenvalue weighted by molar-refractivity contribution is 6.22. The monoisotopic (exact) mass is 291 g/mol. The molecule has 4 rings (SSSR count). The van der Waals surface area contributed by atoms with Gasteiger partial charge in [0.05, 0.1) is 5.70 Å². The van der Waals surface area contributed by atoms with Crippen molar-refractivity contribution >= 4 is 11.6 Å². The molecule has 0 radical (unpaired) electrons. The highest BCUT2D eigenvalue weighted by Crippen LogP contribution is 2.33. The molecule has 1 aliphatic carbocycles. The van der Waals surface area contributed by atoms with Gasteiger partial charge in [0.2, 0.25) is 11.6 Å². The Morgan fingerprint density at radius 1 is 1.00 bits per heavy atom. The minimum Gasteiger partial charge on any atom is -0.365 e. The SMILES string of the molecule is CCNN.O=C1C=C(N2CC2)C(=O)C(N2CC2)=C1N1CC1. The number of nitrogens with one attached hydrogen (secondary N) is 1. The first-order valence-electron chi connectivity index (χ1n) is 7.40. The predicted molar refractivity (Wildman–Crippen MR) is 77.7 cm³/mol. The smallest absolute Gasteiger partial charge is 0.227 e. The summed E-state index contributed by atoms with van der Waals surface area (Å²) in [5.41, 5.74) is 4.32. The molecule has 0 atom stereocenters.